The van der Waals surface area contributed by atoms with Gasteiger partial charge < -0.3 is 5.32 Å². The molecule has 3 amide bonds. The molecular formula is C22H17N3O4. The summed E-state index contributed by atoms with van der Waals surface area (Å²) in [5.41, 5.74) is 0.580. The lowest BCUT2D eigenvalue weighted by Gasteiger charge is -2.28. The predicted molar refractivity (Wildman–Crippen MR) is 106 cm³/mol. The highest BCUT2D eigenvalue weighted by Crippen LogP contribution is 2.36. The van der Waals surface area contributed by atoms with Crippen LogP contribution in [0.3, 0.4) is 0 Å². The van der Waals surface area contributed by atoms with Gasteiger partial charge in [-0.25, -0.2) is 4.79 Å². The number of rotatable bonds is 5. The van der Waals surface area contributed by atoms with Crippen LogP contribution in [0.25, 0.3) is 0 Å². The first-order chi connectivity index (χ1) is 14.0. The maximum Gasteiger partial charge on any atom is 0.325 e. The molecule has 1 saturated heterocycles. The molecule has 1 aliphatic rings. The van der Waals surface area contributed by atoms with E-state index in [4.69, 9.17) is 0 Å². The van der Waals surface area contributed by atoms with E-state index in [1.165, 1.54) is 12.1 Å². The van der Waals surface area contributed by atoms with Gasteiger partial charge in [0.2, 0.25) is 0 Å². The molecule has 0 atom stereocenters. The summed E-state index contributed by atoms with van der Waals surface area (Å²) in [6.45, 7) is 0.0179. The molecule has 7 nitrogen and oxygen atoms in total. The topological polar surface area (TPSA) is 92.6 Å². The molecule has 3 aromatic carbocycles. The van der Waals surface area contributed by atoms with Crippen LogP contribution in [0.1, 0.15) is 16.7 Å². The lowest BCUT2D eigenvalue weighted by atomic mass is 9.82. The van der Waals surface area contributed by atoms with Gasteiger partial charge in [-0.05, 0) is 16.7 Å². The van der Waals surface area contributed by atoms with Gasteiger partial charge >= 0.3 is 6.03 Å². The van der Waals surface area contributed by atoms with Crippen molar-refractivity contribution in [3.63, 3.8) is 0 Å². The maximum absolute atomic E-state index is 13.6. The molecule has 144 valence electrons. The molecule has 3 aromatic rings. The number of hydrogen-bond donors (Lipinski definition) is 1. The number of urea groups is 1. The molecular weight excluding hydrogens is 370 g/mol. The van der Waals surface area contributed by atoms with E-state index in [0.29, 0.717) is 16.7 Å². The molecule has 0 aromatic heterocycles. The summed E-state index contributed by atoms with van der Waals surface area (Å²) >= 11 is 0. The second-order valence-corrected chi connectivity index (χ2v) is 6.73. The monoisotopic (exact) mass is 387 g/mol. The second-order valence-electron chi connectivity index (χ2n) is 6.73. The number of non-ortho nitro benzene ring substituents is 1. The quantitative estimate of drug-likeness (QED) is 0.411. The standard InChI is InChI=1S/C22H17N3O4/c26-20-22(17-7-3-1-4-8-17,18-9-5-2-6-10-18)23-21(27)24(20)15-16-11-13-19(14-12-16)25(28)29/h1-14H,15H2,(H,23,27). The Morgan fingerprint density at radius 1 is 0.828 bits per heavy atom. The van der Waals surface area contributed by atoms with Crippen LogP contribution < -0.4 is 5.32 Å². The molecule has 1 fully saturated rings. The zero-order chi connectivity index (χ0) is 20.4. The van der Waals surface area contributed by atoms with Crippen molar-refractivity contribution in [2.45, 2.75) is 12.1 Å². The summed E-state index contributed by atoms with van der Waals surface area (Å²) in [4.78, 5) is 37.8. The van der Waals surface area contributed by atoms with Gasteiger partial charge in [0.05, 0.1) is 11.5 Å². The van der Waals surface area contributed by atoms with E-state index >= 15 is 0 Å². The fourth-order valence-corrected chi connectivity index (χ4v) is 3.56. The number of nitro groups is 1. The Balaban J connectivity index is 1.73. The van der Waals surface area contributed by atoms with Gasteiger partial charge in [-0.2, -0.15) is 0 Å². The van der Waals surface area contributed by atoms with E-state index in [9.17, 15) is 19.7 Å². The normalized spacial score (nSPS) is 15.2. The molecule has 0 unspecified atom stereocenters. The van der Waals surface area contributed by atoms with Gasteiger partial charge in [-0.1, -0.05) is 72.8 Å². The van der Waals surface area contributed by atoms with Crippen molar-refractivity contribution in [1.29, 1.82) is 0 Å². The van der Waals surface area contributed by atoms with Crippen molar-refractivity contribution in [2.75, 3.05) is 0 Å². The fourth-order valence-electron chi connectivity index (χ4n) is 3.56. The molecule has 7 heteroatoms. The maximum atomic E-state index is 13.6. The Kier molecular flexibility index (Phi) is 4.56. The Bertz CT molecular complexity index is 1030. The van der Waals surface area contributed by atoms with Gasteiger partial charge in [-0.15, -0.1) is 0 Å². The van der Waals surface area contributed by atoms with Crippen molar-refractivity contribution in [3.05, 3.63) is 112 Å². The van der Waals surface area contributed by atoms with Gasteiger partial charge in [0.25, 0.3) is 11.6 Å². The molecule has 1 aliphatic heterocycles. The third-order valence-electron chi connectivity index (χ3n) is 5.01. The summed E-state index contributed by atoms with van der Waals surface area (Å²) in [6.07, 6.45) is 0. The minimum absolute atomic E-state index is 0.0179. The molecule has 29 heavy (non-hydrogen) atoms. The van der Waals surface area contributed by atoms with Crippen LogP contribution in [-0.4, -0.2) is 21.8 Å². The number of amides is 3. The predicted octanol–water partition coefficient (Wildman–Crippen LogP) is 3.59. The number of carbonyl (C=O) groups is 2. The lowest BCUT2D eigenvalue weighted by molar-refractivity contribution is -0.384. The van der Waals surface area contributed by atoms with E-state index in [1.807, 2.05) is 36.4 Å². The Morgan fingerprint density at radius 2 is 1.34 bits per heavy atom. The van der Waals surface area contributed by atoms with Crippen molar-refractivity contribution in [3.8, 4) is 0 Å². The number of nitrogens with zero attached hydrogens (tertiary/aromatic N) is 2. The third kappa shape index (κ3) is 3.12. The Morgan fingerprint density at radius 3 is 1.83 bits per heavy atom. The summed E-state index contributed by atoms with van der Waals surface area (Å²) in [7, 11) is 0. The smallest absolute Gasteiger partial charge is 0.315 e. The summed E-state index contributed by atoms with van der Waals surface area (Å²) in [6, 6.07) is 23.5. The summed E-state index contributed by atoms with van der Waals surface area (Å²) < 4.78 is 0. The van der Waals surface area contributed by atoms with Gasteiger partial charge in [0.15, 0.2) is 5.54 Å². The SMILES string of the molecule is O=C1NC(c2ccccc2)(c2ccccc2)C(=O)N1Cc1ccc([N+](=O)[O-])cc1. The molecule has 0 saturated carbocycles. The van der Waals surface area contributed by atoms with E-state index in [-0.39, 0.29) is 12.2 Å². The molecule has 1 heterocycles. The lowest BCUT2D eigenvalue weighted by Crippen LogP contribution is -2.45. The average Bonchev–Trinajstić information content (AvgIpc) is 3.01. The number of carbonyl (C=O) groups excluding carboxylic acids is 2. The number of nitrogens with one attached hydrogen (secondary N) is 1. The molecule has 1 N–H and O–H groups in total. The number of nitro benzene ring substituents is 1. The van der Waals surface area contributed by atoms with Crippen molar-refractivity contribution >= 4 is 17.6 Å². The fraction of sp³-hybridized carbons (Fsp3) is 0.0909. The van der Waals surface area contributed by atoms with Crippen molar-refractivity contribution in [1.82, 2.24) is 10.2 Å². The molecule has 0 spiro atoms. The summed E-state index contributed by atoms with van der Waals surface area (Å²) in [5.74, 6) is -0.391. The van der Waals surface area contributed by atoms with E-state index < -0.39 is 22.4 Å². The highest BCUT2D eigenvalue weighted by Gasteiger charge is 2.53. The van der Waals surface area contributed by atoms with E-state index in [2.05, 4.69) is 5.32 Å². The first kappa shape index (κ1) is 18.4. The third-order valence-corrected chi connectivity index (χ3v) is 5.01. The molecule has 0 aliphatic carbocycles. The summed E-state index contributed by atoms with van der Waals surface area (Å²) in [5, 5.41) is 13.7. The van der Waals surface area contributed by atoms with Crippen molar-refractivity contribution in [2.24, 2.45) is 0 Å². The highest BCUT2D eigenvalue weighted by molar-refractivity contribution is 6.09. The van der Waals surface area contributed by atoms with Crippen LogP contribution in [0, 0.1) is 10.1 Å². The molecule has 0 bridgehead atoms. The van der Waals surface area contributed by atoms with Crippen LogP contribution in [0.2, 0.25) is 0 Å². The van der Waals surface area contributed by atoms with Gasteiger partial charge in [0, 0.05) is 12.1 Å². The molecule has 0 radical (unpaired) electrons. The van der Waals surface area contributed by atoms with Crippen LogP contribution in [-0.2, 0) is 16.9 Å². The average molecular weight is 387 g/mol. The molecule has 4 rings (SSSR count). The zero-order valence-electron chi connectivity index (χ0n) is 15.3. The van der Waals surface area contributed by atoms with Gasteiger partial charge in [0.1, 0.15) is 0 Å². The van der Waals surface area contributed by atoms with Crippen LogP contribution in [0.5, 0.6) is 0 Å². The highest BCUT2D eigenvalue weighted by atomic mass is 16.6. The first-order valence-corrected chi connectivity index (χ1v) is 9.01. The van der Waals surface area contributed by atoms with Crippen LogP contribution >= 0.6 is 0 Å². The number of benzene rings is 3. The van der Waals surface area contributed by atoms with Crippen LogP contribution in [0.4, 0.5) is 10.5 Å². The van der Waals surface area contributed by atoms with E-state index in [0.717, 1.165) is 4.90 Å². The van der Waals surface area contributed by atoms with Gasteiger partial charge in [-0.3, -0.25) is 19.8 Å². The Labute approximate surface area is 166 Å². The minimum Gasteiger partial charge on any atom is -0.315 e. The van der Waals surface area contributed by atoms with Crippen LogP contribution in [0.15, 0.2) is 84.9 Å². The minimum atomic E-state index is -1.32. The zero-order valence-corrected chi connectivity index (χ0v) is 15.3. The van der Waals surface area contributed by atoms with Crippen molar-refractivity contribution < 1.29 is 14.5 Å². The Hall–Kier alpha value is -4.00. The number of imide groups is 1. The first-order valence-electron chi connectivity index (χ1n) is 9.01. The van der Waals surface area contributed by atoms with E-state index in [1.54, 1.807) is 36.4 Å². The second kappa shape index (κ2) is 7.20. The number of hydrogen-bond acceptors (Lipinski definition) is 4. The largest absolute Gasteiger partial charge is 0.325 e.